The van der Waals surface area contributed by atoms with Gasteiger partial charge in [-0.15, -0.1) is 0 Å². The highest BCUT2D eigenvalue weighted by atomic mass is 35.5. The molecule has 82 valence electrons. The Morgan fingerprint density at radius 1 is 1.19 bits per heavy atom. The Hall–Kier alpha value is -1.74. The van der Waals surface area contributed by atoms with E-state index in [0.717, 1.165) is 0 Å². The molecule has 0 saturated carbocycles. The number of benzene rings is 1. The first kappa shape index (κ1) is 10.8. The zero-order valence-corrected chi connectivity index (χ0v) is 9.13. The zero-order chi connectivity index (χ0) is 11.5. The van der Waals surface area contributed by atoms with Gasteiger partial charge < -0.3 is 9.67 Å². The molecule has 16 heavy (non-hydrogen) atoms. The predicted molar refractivity (Wildman–Crippen MR) is 61.7 cm³/mol. The van der Waals surface area contributed by atoms with Crippen molar-refractivity contribution in [1.82, 2.24) is 4.57 Å². The standard InChI is InChI=1S/C12H10ClNO2/c13-10-5-3-9(4-6-10)11(12(15)16)14-7-1-2-8-14/h1-8,11H,(H,15,16). The predicted octanol–water partition coefficient (Wildman–Crippen LogP) is 2.82. The Morgan fingerprint density at radius 2 is 1.75 bits per heavy atom. The van der Waals surface area contributed by atoms with Crippen molar-refractivity contribution in [3.8, 4) is 0 Å². The molecule has 1 aromatic heterocycles. The molecule has 0 spiro atoms. The summed E-state index contributed by atoms with van der Waals surface area (Å²) in [5.74, 6) is -0.890. The van der Waals surface area contributed by atoms with Crippen LogP contribution in [0.5, 0.6) is 0 Å². The van der Waals surface area contributed by atoms with E-state index in [9.17, 15) is 9.90 Å². The number of carboxylic acid groups (broad SMARTS) is 1. The largest absolute Gasteiger partial charge is 0.479 e. The lowest BCUT2D eigenvalue weighted by Gasteiger charge is -2.14. The van der Waals surface area contributed by atoms with Gasteiger partial charge in [-0.2, -0.15) is 0 Å². The molecule has 0 fully saturated rings. The van der Waals surface area contributed by atoms with Crippen LogP contribution in [0.1, 0.15) is 11.6 Å². The summed E-state index contributed by atoms with van der Waals surface area (Å²) in [6.07, 6.45) is 3.46. The molecule has 4 heteroatoms. The molecule has 1 N–H and O–H groups in total. The van der Waals surface area contributed by atoms with E-state index in [-0.39, 0.29) is 0 Å². The molecular formula is C12H10ClNO2. The first-order valence-corrected chi connectivity index (χ1v) is 5.17. The van der Waals surface area contributed by atoms with Crippen LogP contribution in [0.4, 0.5) is 0 Å². The molecule has 2 rings (SSSR count). The van der Waals surface area contributed by atoms with E-state index in [0.29, 0.717) is 10.6 Å². The number of carboxylic acids is 1. The summed E-state index contributed by atoms with van der Waals surface area (Å²) >= 11 is 5.77. The van der Waals surface area contributed by atoms with Crippen LogP contribution in [0.2, 0.25) is 5.02 Å². The van der Waals surface area contributed by atoms with Crippen molar-refractivity contribution in [2.24, 2.45) is 0 Å². The van der Waals surface area contributed by atoms with Gasteiger partial charge in [0.05, 0.1) is 0 Å². The number of carbonyl (C=O) groups is 1. The molecule has 0 radical (unpaired) electrons. The monoisotopic (exact) mass is 235 g/mol. The Morgan fingerprint density at radius 3 is 2.25 bits per heavy atom. The summed E-state index contributed by atoms with van der Waals surface area (Å²) in [6.45, 7) is 0. The van der Waals surface area contributed by atoms with E-state index in [1.165, 1.54) is 0 Å². The van der Waals surface area contributed by atoms with Gasteiger partial charge in [-0.3, -0.25) is 0 Å². The molecule has 0 aliphatic carbocycles. The van der Waals surface area contributed by atoms with Crippen LogP contribution in [0.3, 0.4) is 0 Å². The number of halogens is 1. The van der Waals surface area contributed by atoms with Gasteiger partial charge >= 0.3 is 5.97 Å². The average Bonchev–Trinajstić information content (AvgIpc) is 2.74. The smallest absolute Gasteiger partial charge is 0.331 e. The molecular weight excluding hydrogens is 226 g/mol. The summed E-state index contributed by atoms with van der Waals surface area (Å²) < 4.78 is 1.64. The highest BCUT2D eigenvalue weighted by Crippen LogP contribution is 2.20. The fourth-order valence-electron chi connectivity index (χ4n) is 1.61. The van der Waals surface area contributed by atoms with Gasteiger partial charge in [0.25, 0.3) is 0 Å². The first-order valence-electron chi connectivity index (χ1n) is 4.79. The minimum Gasteiger partial charge on any atom is -0.479 e. The van der Waals surface area contributed by atoms with Gasteiger partial charge in [-0.05, 0) is 29.8 Å². The van der Waals surface area contributed by atoms with Crippen molar-refractivity contribution >= 4 is 17.6 Å². The van der Waals surface area contributed by atoms with Gasteiger partial charge in [0, 0.05) is 17.4 Å². The topological polar surface area (TPSA) is 42.2 Å². The highest BCUT2D eigenvalue weighted by molar-refractivity contribution is 6.30. The van der Waals surface area contributed by atoms with E-state index in [4.69, 9.17) is 11.6 Å². The molecule has 0 bridgehead atoms. The van der Waals surface area contributed by atoms with Crippen molar-refractivity contribution in [2.45, 2.75) is 6.04 Å². The Balaban J connectivity index is 2.41. The van der Waals surface area contributed by atoms with Crippen LogP contribution >= 0.6 is 11.6 Å². The van der Waals surface area contributed by atoms with Gasteiger partial charge in [0.2, 0.25) is 0 Å². The number of aliphatic carboxylic acids is 1. The summed E-state index contributed by atoms with van der Waals surface area (Å²) in [4.78, 5) is 11.2. The lowest BCUT2D eigenvalue weighted by Crippen LogP contribution is -2.18. The maximum atomic E-state index is 11.2. The Bertz CT molecular complexity index is 476. The van der Waals surface area contributed by atoms with Crippen molar-refractivity contribution in [1.29, 1.82) is 0 Å². The summed E-state index contributed by atoms with van der Waals surface area (Å²) in [7, 11) is 0. The number of hydrogen-bond donors (Lipinski definition) is 1. The van der Waals surface area contributed by atoms with E-state index in [1.54, 1.807) is 53.4 Å². The van der Waals surface area contributed by atoms with Gasteiger partial charge in [-0.1, -0.05) is 23.7 Å². The molecule has 0 saturated heterocycles. The van der Waals surface area contributed by atoms with E-state index >= 15 is 0 Å². The Labute approximate surface area is 97.9 Å². The number of rotatable bonds is 3. The van der Waals surface area contributed by atoms with Crippen LogP contribution in [-0.4, -0.2) is 15.6 Å². The quantitative estimate of drug-likeness (QED) is 0.889. The lowest BCUT2D eigenvalue weighted by molar-refractivity contribution is -0.139. The SMILES string of the molecule is O=C(O)C(c1ccc(Cl)cc1)n1cccc1. The van der Waals surface area contributed by atoms with Crippen LogP contribution in [0.15, 0.2) is 48.8 Å². The lowest BCUT2D eigenvalue weighted by atomic mass is 10.1. The highest BCUT2D eigenvalue weighted by Gasteiger charge is 2.20. The second kappa shape index (κ2) is 4.41. The minimum atomic E-state index is -0.890. The van der Waals surface area contributed by atoms with Gasteiger partial charge in [-0.25, -0.2) is 4.79 Å². The summed E-state index contributed by atoms with van der Waals surface area (Å²) in [5.41, 5.74) is 0.702. The third kappa shape index (κ3) is 2.09. The molecule has 0 amide bonds. The van der Waals surface area contributed by atoms with Crippen LogP contribution < -0.4 is 0 Å². The van der Waals surface area contributed by atoms with E-state index in [2.05, 4.69) is 0 Å². The van der Waals surface area contributed by atoms with Gasteiger partial charge in [0.15, 0.2) is 6.04 Å². The third-order valence-electron chi connectivity index (χ3n) is 2.35. The second-order valence-electron chi connectivity index (χ2n) is 3.42. The van der Waals surface area contributed by atoms with Crippen molar-refractivity contribution in [2.75, 3.05) is 0 Å². The maximum Gasteiger partial charge on any atom is 0.331 e. The maximum absolute atomic E-state index is 11.2. The average molecular weight is 236 g/mol. The Kier molecular flexibility index (Phi) is 2.97. The normalized spacial score (nSPS) is 12.3. The molecule has 0 aliphatic rings. The molecule has 1 atom stereocenters. The first-order chi connectivity index (χ1) is 7.68. The number of nitrogens with zero attached hydrogens (tertiary/aromatic N) is 1. The molecule has 0 aliphatic heterocycles. The van der Waals surface area contributed by atoms with E-state index in [1.807, 2.05) is 0 Å². The van der Waals surface area contributed by atoms with E-state index < -0.39 is 12.0 Å². The van der Waals surface area contributed by atoms with Crippen molar-refractivity contribution in [3.63, 3.8) is 0 Å². The van der Waals surface area contributed by atoms with Gasteiger partial charge in [0.1, 0.15) is 0 Å². The van der Waals surface area contributed by atoms with Crippen molar-refractivity contribution < 1.29 is 9.90 Å². The fourth-order valence-corrected chi connectivity index (χ4v) is 1.73. The minimum absolute atomic E-state index is 0.598. The third-order valence-corrected chi connectivity index (χ3v) is 2.60. The molecule has 3 nitrogen and oxygen atoms in total. The van der Waals surface area contributed by atoms with Crippen LogP contribution in [-0.2, 0) is 4.79 Å². The summed E-state index contributed by atoms with van der Waals surface area (Å²) in [6, 6.07) is 9.72. The molecule has 1 unspecified atom stereocenters. The molecule has 2 aromatic rings. The van der Waals surface area contributed by atoms with Crippen LogP contribution in [0, 0.1) is 0 Å². The number of aromatic nitrogens is 1. The molecule has 1 aromatic carbocycles. The zero-order valence-electron chi connectivity index (χ0n) is 8.38. The second-order valence-corrected chi connectivity index (χ2v) is 3.86. The number of hydrogen-bond acceptors (Lipinski definition) is 1. The fraction of sp³-hybridized carbons (Fsp3) is 0.0833. The molecule has 1 heterocycles. The summed E-state index contributed by atoms with van der Waals surface area (Å²) in [5, 5.41) is 9.81. The van der Waals surface area contributed by atoms with Crippen LogP contribution in [0.25, 0.3) is 0 Å². The van der Waals surface area contributed by atoms with Crippen molar-refractivity contribution in [3.05, 3.63) is 59.4 Å².